The monoisotopic (exact) mass is 377 g/mol. The van der Waals surface area contributed by atoms with Crippen LogP contribution in [0, 0.1) is 0 Å². The molecule has 1 aromatic heterocycles. The van der Waals surface area contributed by atoms with Crippen molar-refractivity contribution in [3.8, 4) is 17.0 Å². The Labute approximate surface area is 161 Å². The Balaban J connectivity index is 0.00000196. The van der Waals surface area contributed by atoms with Crippen LogP contribution in [-0.2, 0) is 11.2 Å². The van der Waals surface area contributed by atoms with Gasteiger partial charge in [-0.15, -0.1) is 12.4 Å². The minimum absolute atomic E-state index is 0. The standard InChI is InChI=1S/C20H27N3O2.ClH/c1-15(13-22-6-8-24-9-7-22)23-14-21-12-18(23)16-4-5-19-17(10-16)11-20(2,3)25-19;/h4-5,10,12,14-15H,6-9,11,13H2,1-3H3;1H. The molecule has 1 atom stereocenters. The van der Waals surface area contributed by atoms with Crippen molar-refractivity contribution < 1.29 is 9.47 Å². The Morgan fingerprint density at radius 3 is 2.77 bits per heavy atom. The molecule has 26 heavy (non-hydrogen) atoms. The molecular formula is C20H28ClN3O2. The second-order valence-electron chi connectivity index (χ2n) is 7.81. The van der Waals surface area contributed by atoms with E-state index in [2.05, 4.69) is 53.4 Å². The molecule has 1 fully saturated rings. The van der Waals surface area contributed by atoms with Crippen molar-refractivity contribution >= 4 is 12.4 Å². The van der Waals surface area contributed by atoms with Gasteiger partial charge in [0.25, 0.3) is 0 Å². The van der Waals surface area contributed by atoms with E-state index in [9.17, 15) is 0 Å². The molecule has 1 saturated heterocycles. The van der Waals surface area contributed by atoms with Crippen LogP contribution in [0.15, 0.2) is 30.7 Å². The summed E-state index contributed by atoms with van der Waals surface area (Å²) in [5.74, 6) is 1.01. The molecule has 142 valence electrons. The molecule has 6 heteroatoms. The van der Waals surface area contributed by atoms with Gasteiger partial charge in [0, 0.05) is 37.7 Å². The van der Waals surface area contributed by atoms with Crippen LogP contribution in [0.4, 0.5) is 0 Å². The van der Waals surface area contributed by atoms with Gasteiger partial charge in [-0.3, -0.25) is 4.90 Å². The number of halogens is 1. The van der Waals surface area contributed by atoms with Gasteiger partial charge < -0.3 is 14.0 Å². The van der Waals surface area contributed by atoms with E-state index in [4.69, 9.17) is 9.47 Å². The number of hydrogen-bond donors (Lipinski definition) is 0. The maximum Gasteiger partial charge on any atom is 0.123 e. The lowest BCUT2D eigenvalue weighted by Gasteiger charge is -2.30. The first-order chi connectivity index (χ1) is 12.0. The van der Waals surface area contributed by atoms with Gasteiger partial charge in [0.1, 0.15) is 11.4 Å². The van der Waals surface area contributed by atoms with Crippen LogP contribution in [-0.4, -0.2) is 52.9 Å². The molecule has 3 heterocycles. The summed E-state index contributed by atoms with van der Waals surface area (Å²) < 4.78 is 13.7. The third-order valence-corrected chi connectivity index (χ3v) is 5.13. The Morgan fingerprint density at radius 1 is 1.23 bits per heavy atom. The molecular weight excluding hydrogens is 350 g/mol. The smallest absolute Gasteiger partial charge is 0.123 e. The zero-order chi connectivity index (χ0) is 17.4. The molecule has 0 amide bonds. The molecule has 4 rings (SSSR count). The van der Waals surface area contributed by atoms with Gasteiger partial charge in [-0.1, -0.05) is 0 Å². The molecule has 1 aromatic carbocycles. The Bertz CT molecular complexity index is 753. The van der Waals surface area contributed by atoms with Gasteiger partial charge in [-0.05, 0) is 44.5 Å². The summed E-state index contributed by atoms with van der Waals surface area (Å²) >= 11 is 0. The summed E-state index contributed by atoms with van der Waals surface area (Å²) in [6.07, 6.45) is 4.88. The number of imidazole rings is 1. The van der Waals surface area contributed by atoms with E-state index in [1.54, 1.807) is 0 Å². The summed E-state index contributed by atoms with van der Waals surface area (Å²) in [6, 6.07) is 6.88. The van der Waals surface area contributed by atoms with E-state index in [0.29, 0.717) is 6.04 Å². The van der Waals surface area contributed by atoms with Gasteiger partial charge in [0.2, 0.25) is 0 Å². The number of ether oxygens (including phenoxy) is 2. The maximum atomic E-state index is 6.00. The van der Waals surface area contributed by atoms with E-state index in [-0.39, 0.29) is 18.0 Å². The van der Waals surface area contributed by atoms with Gasteiger partial charge in [-0.2, -0.15) is 0 Å². The molecule has 0 N–H and O–H groups in total. The quantitative estimate of drug-likeness (QED) is 0.816. The highest BCUT2D eigenvalue weighted by atomic mass is 35.5. The van der Waals surface area contributed by atoms with Crippen LogP contribution in [0.5, 0.6) is 5.75 Å². The van der Waals surface area contributed by atoms with E-state index < -0.39 is 0 Å². The second-order valence-corrected chi connectivity index (χ2v) is 7.81. The Hall–Kier alpha value is -1.56. The molecule has 1 unspecified atom stereocenters. The third-order valence-electron chi connectivity index (χ3n) is 5.13. The van der Waals surface area contributed by atoms with E-state index >= 15 is 0 Å². The van der Waals surface area contributed by atoms with Crippen molar-refractivity contribution in [2.45, 2.75) is 38.8 Å². The van der Waals surface area contributed by atoms with Crippen molar-refractivity contribution in [3.05, 3.63) is 36.3 Å². The third kappa shape index (κ3) is 3.90. The first-order valence-electron chi connectivity index (χ1n) is 9.16. The van der Waals surface area contributed by atoms with Crippen LogP contribution in [0.3, 0.4) is 0 Å². The molecule has 0 spiro atoms. The van der Waals surface area contributed by atoms with Crippen molar-refractivity contribution in [3.63, 3.8) is 0 Å². The number of rotatable bonds is 4. The highest BCUT2D eigenvalue weighted by Crippen LogP contribution is 2.37. The van der Waals surface area contributed by atoms with E-state index in [1.807, 2.05) is 12.5 Å². The minimum Gasteiger partial charge on any atom is -0.487 e. The molecule has 0 aliphatic carbocycles. The Morgan fingerprint density at radius 2 is 2.00 bits per heavy atom. The molecule has 2 aromatic rings. The van der Waals surface area contributed by atoms with Crippen LogP contribution in [0.2, 0.25) is 0 Å². The molecule has 0 radical (unpaired) electrons. The van der Waals surface area contributed by atoms with E-state index in [1.165, 1.54) is 16.8 Å². The summed E-state index contributed by atoms with van der Waals surface area (Å²) in [5, 5.41) is 0. The van der Waals surface area contributed by atoms with Crippen molar-refractivity contribution in [1.82, 2.24) is 14.5 Å². The normalized spacial score (nSPS) is 20.1. The number of morpholine rings is 1. The van der Waals surface area contributed by atoms with Crippen LogP contribution in [0.25, 0.3) is 11.3 Å². The van der Waals surface area contributed by atoms with Crippen molar-refractivity contribution in [1.29, 1.82) is 0 Å². The van der Waals surface area contributed by atoms with Crippen molar-refractivity contribution in [2.75, 3.05) is 32.8 Å². The number of nitrogens with zero attached hydrogens (tertiary/aromatic N) is 3. The number of fused-ring (bicyclic) bond motifs is 1. The average molecular weight is 378 g/mol. The summed E-state index contributed by atoms with van der Waals surface area (Å²) in [4.78, 5) is 6.89. The predicted molar refractivity (Wildman–Crippen MR) is 105 cm³/mol. The maximum absolute atomic E-state index is 6.00. The SMILES string of the molecule is CC(CN1CCOCC1)n1cncc1-c1ccc2c(c1)CC(C)(C)O2.Cl. The van der Waals surface area contributed by atoms with Crippen molar-refractivity contribution in [2.24, 2.45) is 0 Å². The largest absolute Gasteiger partial charge is 0.487 e. The molecule has 0 saturated carbocycles. The van der Waals surface area contributed by atoms with Gasteiger partial charge in [0.15, 0.2) is 0 Å². The highest BCUT2D eigenvalue weighted by molar-refractivity contribution is 5.85. The molecule has 5 nitrogen and oxygen atoms in total. The van der Waals surface area contributed by atoms with Crippen LogP contribution < -0.4 is 4.74 Å². The molecule has 2 aliphatic rings. The first-order valence-corrected chi connectivity index (χ1v) is 9.16. The van der Waals surface area contributed by atoms with Gasteiger partial charge in [0.05, 0.1) is 31.4 Å². The number of benzene rings is 1. The average Bonchev–Trinajstić information content (AvgIpc) is 3.17. The molecule has 2 aliphatic heterocycles. The van der Waals surface area contributed by atoms with E-state index in [0.717, 1.165) is 45.0 Å². The highest BCUT2D eigenvalue weighted by Gasteiger charge is 2.30. The predicted octanol–water partition coefficient (Wildman–Crippen LogP) is 3.58. The van der Waals surface area contributed by atoms with Gasteiger partial charge in [-0.25, -0.2) is 4.98 Å². The Kier molecular flexibility index (Phi) is 5.61. The topological polar surface area (TPSA) is 39.5 Å². The second kappa shape index (κ2) is 7.59. The lowest BCUT2D eigenvalue weighted by molar-refractivity contribution is 0.0326. The summed E-state index contributed by atoms with van der Waals surface area (Å²) in [7, 11) is 0. The molecule has 0 bridgehead atoms. The van der Waals surface area contributed by atoms with Crippen LogP contribution >= 0.6 is 12.4 Å². The minimum atomic E-state index is -0.106. The zero-order valence-corrected chi connectivity index (χ0v) is 16.6. The zero-order valence-electron chi connectivity index (χ0n) is 15.8. The number of hydrogen-bond acceptors (Lipinski definition) is 4. The van der Waals surface area contributed by atoms with Gasteiger partial charge >= 0.3 is 0 Å². The fourth-order valence-corrected chi connectivity index (χ4v) is 3.89. The number of aromatic nitrogens is 2. The fraction of sp³-hybridized carbons (Fsp3) is 0.550. The summed E-state index contributed by atoms with van der Waals surface area (Å²) in [6.45, 7) is 11.3. The fourth-order valence-electron chi connectivity index (χ4n) is 3.89. The van der Waals surface area contributed by atoms with Crippen LogP contribution in [0.1, 0.15) is 32.4 Å². The lowest BCUT2D eigenvalue weighted by atomic mass is 9.99. The summed E-state index contributed by atoms with van der Waals surface area (Å²) in [5.41, 5.74) is 3.57. The first kappa shape index (κ1) is 19.2. The lowest BCUT2D eigenvalue weighted by Crippen LogP contribution is -2.39.